The van der Waals surface area contributed by atoms with E-state index in [0.29, 0.717) is 61.9 Å². The molecule has 0 bridgehead atoms. The summed E-state index contributed by atoms with van der Waals surface area (Å²) in [5.41, 5.74) is 5.22. The second kappa shape index (κ2) is 16.4. The van der Waals surface area contributed by atoms with E-state index in [1.54, 1.807) is 29.9 Å². The first-order valence-corrected chi connectivity index (χ1v) is 18.3. The van der Waals surface area contributed by atoms with Crippen molar-refractivity contribution >= 4 is 28.8 Å². The summed E-state index contributed by atoms with van der Waals surface area (Å²) in [7, 11) is 3.31. The third kappa shape index (κ3) is 9.27. The van der Waals surface area contributed by atoms with Gasteiger partial charge in [0.15, 0.2) is 0 Å². The highest BCUT2D eigenvalue weighted by Crippen LogP contribution is 2.27. The van der Waals surface area contributed by atoms with Crippen LogP contribution in [0.15, 0.2) is 83.8 Å². The van der Waals surface area contributed by atoms with E-state index in [0.717, 1.165) is 53.0 Å². The molecule has 0 aliphatic carbocycles. The quantitative estimate of drug-likeness (QED) is 0.123. The Morgan fingerprint density at radius 2 is 1.51 bits per heavy atom. The monoisotopic (exact) mass is 718 g/mol. The van der Waals surface area contributed by atoms with Crippen LogP contribution in [-0.4, -0.2) is 58.4 Å². The van der Waals surface area contributed by atoms with E-state index in [9.17, 15) is 9.59 Å². The Morgan fingerprint density at radius 1 is 0.868 bits per heavy atom. The average molecular weight is 719 g/mol. The number of unbranched alkanes of at least 4 members (excludes halogenated alkanes) is 1. The van der Waals surface area contributed by atoms with Gasteiger partial charge in [0.25, 0.3) is 5.56 Å². The number of aromatic nitrogens is 3. The number of nitrogens with one attached hydrogen (secondary N) is 1. The third-order valence-electron chi connectivity index (χ3n) is 9.27. The second-order valence-corrected chi connectivity index (χ2v) is 14.5. The van der Waals surface area contributed by atoms with Crippen LogP contribution < -0.4 is 25.2 Å². The Kier molecular flexibility index (Phi) is 11.5. The molecule has 3 heterocycles. The van der Waals surface area contributed by atoms with Crippen molar-refractivity contribution in [1.29, 1.82) is 0 Å². The second-order valence-electron chi connectivity index (χ2n) is 14.5. The molecule has 0 saturated heterocycles. The van der Waals surface area contributed by atoms with Crippen molar-refractivity contribution in [2.24, 2.45) is 0 Å². The standard InChI is InChI=1S/C42H50N6O5/c1-7-8-21-43-38-37-36(44-40(45-38)48(25-29-10-15-34(51-5)16-11-29)26-30-12-17-35(52-6)18-13-30)20-23-46(39(37)49)27-31-9-14-32-19-22-47(28-33(32)24-31)41(50)53-42(2,3)4/h9-18,20,23-24H,7-8,19,21-22,25-28H2,1-6H3,(H,43,44,45). The molecule has 1 aliphatic heterocycles. The number of carbonyl (C=O) groups is 1. The SMILES string of the molecule is CCCCNc1nc(N(Cc2ccc(OC)cc2)Cc2ccc(OC)cc2)nc2ccn(Cc3ccc4c(c3)CN(C(=O)OC(C)(C)C)CC4)c(=O)c12. The van der Waals surface area contributed by atoms with Crippen molar-refractivity contribution in [3.8, 4) is 11.5 Å². The highest BCUT2D eigenvalue weighted by atomic mass is 16.6. The van der Waals surface area contributed by atoms with Gasteiger partial charge >= 0.3 is 6.09 Å². The van der Waals surface area contributed by atoms with E-state index in [-0.39, 0.29) is 11.7 Å². The van der Waals surface area contributed by atoms with E-state index in [1.807, 2.05) is 75.4 Å². The Bertz CT molecular complexity index is 2040. The van der Waals surface area contributed by atoms with E-state index >= 15 is 0 Å². The normalized spacial score (nSPS) is 12.7. The third-order valence-corrected chi connectivity index (χ3v) is 9.27. The van der Waals surface area contributed by atoms with Crippen molar-refractivity contribution in [3.63, 3.8) is 0 Å². The van der Waals surface area contributed by atoms with Gasteiger partial charge in [-0.1, -0.05) is 55.8 Å². The summed E-state index contributed by atoms with van der Waals surface area (Å²) in [6.45, 7) is 11.0. The van der Waals surface area contributed by atoms with E-state index in [1.165, 1.54) is 5.56 Å². The fourth-order valence-electron chi connectivity index (χ4n) is 6.43. The van der Waals surface area contributed by atoms with Gasteiger partial charge in [0.05, 0.1) is 26.3 Å². The zero-order chi connectivity index (χ0) is 37.5. The molecule has 0 fully saturated rings. The van der Waals surface area contributed by atoms with Gasteiger partial charge in [0.1, 0.15) is 28.3 Å². The summed E-state index contributed by atoms with van der Waals surface area (Å²) >= 11 is 0. The fraction of sp³-hybridized carbons (Fsp3) is 0.381. The molecule has 11 heteroatoms. The number of carbonyl (C=O) groups excluding carboxylic acids is 1. The zero-order valence-electron chi connectivity index (χ0n) is 31.6. The average Bonchev–Trinajstić information content (AvgIpc) is 3.15. The largest absolute Gasteiger partial charge is 0.497 e. The molecule has 1 N–H and O–H groups in total. The first-order valence-electron chi connectivity index (χ1n) is 18.3. The summed E-state index contributed by atoms with van der Waals surface area (Å²) < 4.78 is 18.1. The highest BCUT2D eigenvalue weighted by Gasteiger charge is 2.26. The lowest BCUT2D eigenvalue weighted by Crippen LogP contribution is -2.39. The molecule has 0 spiro atoms. The smallest absolute Gasteiger partial charge is 0.410 e. The van der Waals surface area contributed by atoms with Crippen LogP contribution in [0.5, 0.6) is 11.5 Å². The van der Waals surface area contributed by atoms with Gasteiger partial charge in [-0.25, -0.2) is 9.78 Å². The van der Waals surface area contributed by atoms with Crippen molar-refractivity contribution < 1.29 is 19.0 Å². The number of methoxy groups -OCH3 is 2. The van der Waals surface area contributed by atoms with Gasteiger partial charge in [0.2, 0.25) is 5.95 Å². The number of fused-ring (bicyclic) bond motifs is 2. The summed E-state index contributed by atoms with van der Waals surface area (Å²) in [6.07, 6.45) is 4.18. The van der Waals surface area contributed by atoms with E-state index in [4.69, 9.17) is 24.2 Å². The minimum atomic E-state index is -0.559. The molecule has 3 aromatic carbocycles. The van der Waals surface area contributed by atoms with Crippen LogP contribution in [0.4, 0.5) is 16.6 Å². The van der Waals surface area contributed by atoms with Crippen LogP contribution in [-0.2, 0) is 37.3 Å². The van der Waals surface area contributed by atoms with Gasteiger partial charge in [0, 0.05) is 38.9 Å². The number of amides is 1. The van der Waals surface area contributed by atoms with Crippen LogP contribution in [0.1, 0.15) is 68.4 Å². The molecule has 0 radical (unpaired) electrons. The molecule has 0 atom stereocenters. The van der Waals surface area contributed by atoms with Gasteiger partial charge < -0.3 is 33.9 Å². The topological polar surface area (TPSA) is 111 Å². The summed E-state index contributed by atoms with van der Waals surface area (Å²) in [5.74, 6) is 2.61. The fourth-order valence-corrected chi connectivity index (χ4v) is 6.43. The first-order chi connectivity index (χ1) is 25.5. The molecule has 6 rings (SSSR count). The molecule has 0 unspecified atom stereocenters. The summed E-state index contributed by atoms with van der Waals surface area (Å²) in [5, 5.41) is 3.93. The van der Waals surface area contributed by atoms with Crippen LogP contribution in [0.25, 0.3) is 10.9 Å². The summed E-state index contributed by atoms with van der Waals surface area (Å²) in [4.78, 5) is 41.0. The number of hydrogen-bond donors (Lipinski definition) is 1. The molecular weight excluding hydrogens is 668 g/mol. The predicted octanol–water partition coefficient (Wildman–Crippen LogP) is 7.57. The molecule has 0 saturated carbocycles. The number of anilines is 2. The lowest BCUT2D eigenvalue weighted by Gasteiger charge is -2.31. The molecular formula is C42H50N6O5. The van der Waals surface area contributed by atoms with Crippen LogP contribution in [0.3, 0.4) is 0 Å². The molecule has 278 valence electrons. The minimum absolute atomic E-state index is 0.169. The number of ether oxygens (including phenoxy) is 3. The van der Waals surface area contributed by atoms with Crippen molar-refractivity contribution in [2.75, 3.05) is 37.5 Å². The van der Waals surface area contributed by atoms with Gasteiger partial charge in [-0.2, -0.15) is 4.98 Å². The minimum Gasteiger partial charge on any atom is -0.497 e. The molecule has 2 aromatic heterocycles. The number of hydrogen-bond acceptors (Lipinski definition) is 9. The highest BCUT2D eigenvalue weighted by molar-refractivity contribution is 5.89. The summed E-state index contributed by atoms with van der Waals surface area (Å²) in [6, 6.07) is 24.1. The van der Waals surface area contributed by atoms with Crippen molar-refractivity contribution in [2.45, 2.75) is 78.7 Å². The van der Waals surface area contributed by atoms with Crippen LogP contribution in [0, 0.1) is 0 Å². The van der Waals surface area contributed by atoms with Crippen LogP contribution >= 0.6 is 0 Å². The lowest BCUT2D eigenvalue weighted by atomic mass is 9.97. The van der Waals surface area contributed by atoms with Gasteiger partial charge in [-0.3, -0.25) is 4.79 Å². The van der Waals surface area contributed by atoms with Crippen molar-refractivity contribution in [3.05, 3.63) is 117 Å². The predicted molar refractivity (Wildman–Crippen MR) is 209 cm³/mol. The molecule has 11 nitrogen and oxygen atoms in total. The lowest BCUT2D eigenvalue weighted by molar-refractivity contribution is 0.0224. The maximum Gasteiger partial charge on any atom is 0.410 e. The number of benzene rings is 3. The molecule has 53 heavy (non-hydrogen) atoms. The molecule has 1 amide bonds. The maximum atomic E-state index is 14.3. The Morgan fingerprint density at radius 3 is 2.11 bits per heavy atom. The van der Waals surface area contributed by atoms with Gasteiger partial charge in [-0.05, 0) is 91.8 Å². The number of nitrogens with zero attached hydrogens (tertiary/aromatic N) is 5. The Hall–Kier alpha value is -5.58. The Balaban J connectivity index is 1.33. The van der Waals surface area contributed by atoms with E-state index < -0.39 is 5.60 Å². The van der Waals surface area contributed by atoms with Crippen molar-refractivity contribution in [1.82, 2.24) is 19.4 Å². The maximum absolute atomic E-state index is 14.3. The van der Waals surface area contributed by atoms with E-state index in [2.05, 4.69) is 35.3 Å². The van der Waals surface area contributed by atoms with Gasteiger partial charge in [-0.15, -0.1) is 0 Å². The molecule has 5 aromatic rings. The van der Waals surface area contributed by atoms with Crippen LogP contribution in [0.2, 0.25) is 0 Å². The zero-order valence-corrected chi connectivity index (χ0v) is 31.6. The number of pyridine rings is 1. The first kappa shape index (κ1) is 37.2. The molecule has 1 aliphatic rings. The Labute approximate surface area is 311 Å². The number of rotatable bonds is 13.